The molecule has 1 aliphatic heterocycles. The van der Waals surface area contributed by atoms with E-state index in [9.17, 15) is 13.2 Å². The number of nitrogens with one attached hydrogen (secondary N) is 2. The molecule has 0 spiro atoms. The lowest BCUT2D eigenvalue weighted by atomic mass is 10.2. The van der Waals surface area contributed by atoms with Gasteiger partial charge in [-0.1, -0.05) is 30.3 Å². The third kappa shape index (κ3) is 4.49. The largest absolute Gasteiger partial charge is 0.325 e. The summed E-state index contributed by atoms with van der Waals surface area (Å²) in [5.74, 6) is -0.0510. The Morgan fingerprint density at radius 3 is 2.42 bits per heavy atom. The number of hydrogen-bond donors (Lipinski definition) is 2. The monoisotopic (exact) mass is 374 g/mol. The van der Waals surface area contributed by atoms with E-state index in [2.05, 4.69) is 5.32 Å². The Kier molecular flexibility index (Phi) is 5.70. The van der Waals surface area contributed by atoms with E-state index in [1.165, 1.54) is 4.31 Å². The first kappa shape index (κ1) is 18.6. The number of piperazine rings is 1. The summed E-state index contributed by atoms with van der Waals surface area (Å²) in [5, 5.41) is 2.91. The van der Waals surface area contributed by atoms with Crippen molar-refractivity contribution in [3.8, 4) is 0 Å². The second kappa shape index (κ2) is 7.99. The van der Waals surface area contributed by atoms with Crippen LogP contribution in [-0.2, 0) is 14.8 Å². The molecular formula is C19H24N3O3S+. The van der Waals surface area contributed by atoms with Crippen molar-refractivity contribution in [1.29, 1.82) is 0 Å². The third-order valence-electron chi connectivity index (χ3n) is 4.52. The molecule has 1 saturated heterocycles. The summed E-state index contributed by atoms with van der Waals surface area (Å²) in [6, 6.07) is 16.2. The summed E-state index contributed by atoms with van der Waals surface area (Å²) in [5.41, 5.74) is 1.88. The second-order valence-corrected chi connectivity index (χ2v) is 8.50. The number of aryl methyl sites for hydroxylation is 1. The number of nitrogens with zero attached hydrogens (tertiary/aromatic N) is 1. The van der Waals surface area contributed by atoms with Gasteiger partial charge in [0.05, 0.1) is 31.1 Å². The topological polar surface area (TPSA) is 70.9 Å². The van der Waals surface area contributed by atoms with Gasteiger partial charge in [0.1, 0.15) is 0 Å². The summed E-state index contributed by atoms with van der Waals surface area (Å²) in [6.45, 7) is 4.40. The molecule has 3 rings (SSSR count). The van der Waals surface area contributed by atoms with Crippen LogP contribution in [-0.4, -0.2) is 51.4 Å². The van der Waals surface area contributed by atoms with Gasteiger partial charge >= 0.3 is 0 Å². The molecular weight excluding hydrogens is 350 g/mol. The van der Waals surface area contributed by atoms with Crippen molar-refractivity contribution >= 4 is 21.6 Å². The number of sulfonamides is 1. The smallest absolute Gasteiger partial charge is 0.279 e. The van der Waals surface area contributed by atoms with E-state index in [1.807, 2.05) is 31.2 Å². The Morgan fingerprint density at radius 1 is 1.08 bits per heavy atom. The summed E-state index contributed by atoms with van der Waals surface area (Å²) < 4.78 is 26.8. The molecule has 1 amide bonds. The van der Waals surface area contributed by atoms with Crippen molar-refractivity contribution in [2.45, 2.75) is 11.8 Å². The molecule has 0 unspecified atom stereocenters. The van der Waals surface area contributed by atoms with Crippen molar-refractivity contribution in [2.24, 2.45) is 0 Å². The van der Waals surface area contributed by atoms with Crippen LogP contribution in [0.4, 0.5) is 5.69 Å². The van der Waals surface area contributed by atoms with Crippen LogP contribution in [0.25, 0.3) is 0 Å². The lowest BCUT2D eigenvalue weighted by molar-refractivity contribution is -0.895. The van der Waals surface area contributed by atoms with Crippen LogP contribution in [0.15, 0.2) is 59.5 Å². The van der Waals surface area contributed by atoms with Crippen molar-refractivity contribution < 1.29 is 18.1 Å². The van der Waals surface area contributed by atoms with E-state index in [0.29, 0.717) is 37.6 Å². The van der Waals surface area contributed by atoms with Crippen molar-refractivity contribution in [3.63, 3.8) is 0 Å². The molecule has 1 heterocycles. The van der Waals surface area contributed by atoms with Crippen molar-refractivity contribution in [3.05, 3.63) is 60.2 Å². The number of hydrogen-bond acceptors (Lipinski definition) is 3. The van der Waals surface area contributed by atoms with E-state index in [-0.39, 0.29) is 5.91 Å². The molecule has 0 aliphatic carbocycles. The van der Waals surface area contributed by atoms with E-state index in [4.69, 9.17) is 0 Å². The van der Waals surface area contributed by atoms with Gasteiger partial charge in [-0.05, 0) is 36.8 Å². The molecule has 2 aromatic carbocycles. The number of anilines is 1. The first-order chi connectivity index (χ1) is 12.4. The van der Waals surface area contributed by atoms with Gasteiger partial charge in [-0.3, -0.25) is 4.79 Å². The van der Waals surface area contributed by atoms with Gasteiger partial charge in [0.2, 0.25) is 10.0 Å². The average molecular weight is 374 g/mol. The van der Waals surface area contributed by atoms with Gasteiger partial charge < -0.3 is 10.2 Å². The fraction of sp³-hybridized carbons (Fsp3) is 0.316. The zero-order chi connectivity index (χ0) is 18.6. The summed E-state index contributed by atoms with van der Waals surface area (Å²) in [6.07, 6.45) is 0. The fourth-order valence-electron chi connectivity index (χ4n) is 3.12. The molecule has 0 atom stereocenters. The molecule has 7 heteroatoms. The van der Waals surface area contributed by atoms with Gasteiger partial charge in [0, 0.05) is 5.69 Å². The zero-order valence-electron chi connectivity index (χ0n) is 14.8. The zero-order valence-corrected chi connectivity index (χ0v) is 15.6. The van der Waals surface area contributed by atoms with Gasteiger partial charge in [0.15, 0.2) is 6.54 Å². The summed E-state index contributed by atoms with van der Waals surface area (Å²) in [7, 11) is -3.45. The van der Waals surface area contributed by atoms with Gasteiger partial charge in [-0.25, -0.2) is 8.42 Å². The first-order valence-corrected chi connectivity index (χ1v) is 10.1. The molecule has 0 saturated carbocycles. The number of carbonyl (C=O) groups is 1. The van der Waals surface area contributed by atoms with Crippen LogP contribution in [0, 0.1) is 6.92 Å². The van der Waals surface area contributed by atoms with Crippen molar-refractivity contribution in [2.75, 3.05) is 38.0 Å². The molecule has 0 aromatic heterocycles. The van der Waals surface area contributed by atoms with E-state index in [0.717, 1.165) is 16.2 Å². The molecule has 138 valence electrons. The molecule has 1 fully saturated rings. The minimum absolute atomic E-state index is 0.0510. The minimum Gasteiger partial charge on any atom is -0.325 e. The van der Waals surface area contributed by atoms with Crippen LogP contribution in [0.2, 0.25) is 0 Å². The Morgan fingerprint density at radius 2 is 1.77 bits per heavy atom. The van der Waals surface area contributed by atoms with Crippen LogP contribution < -0.4 is 10.2 Å². The molecule has 1 aliphatic rings. The lowest BCUT2D eigenvalue weighted by Crippen LogP contribution is -3.15. The van der Waals surface area contributed by atoms with E-state index >= 15 is 0 Å². The fourth-order valence-corrected chi connectivity index (χ4v) is 4.58. The molecule has 0 radical (unpaired) electrons. The van der Waals surface area contributed by atoms with E-state index < -0.39 is 10.0 Å². The molecule has 6 nitrogen and oxygen atoms in total. The second-order valence-electron chi connectivity index (χ2n) is 6.56. The number of rotatable bonds is 5. The maximum atomic E-state index is 12.6. The van der Waals surface area contributed by atoms with Crippen molar-refractivity contribution in [1.82, 2.24) is 4.31 Å². The summed E-state index contributed by atoms with van der Waals surface area (Å²) >= 11 is 0. The maximum absolute atomic E-state index is 12.6. The Balaban J connectivity index is 1.53. The molecule has 2 aromatic rings. The van der Waals surface area contributed by atoms with Crippen LogP contribution >= 0.6 is 0 Å². The van der Waals surface area contributed by atoms with Crippen LogP contribution in [0.5, 0.6) is 0 Å². The average Bonchev–Trinajstić information content (AvgIpc) is 2.63. The Labute approximate surface area is 154 Å². The first-order valence-electron chi connectivity index (χ1n) is 8.70. The molecule has 2 N–H and O–H groups in total. The predicted molar refractivity (Wildman–Crippen MR) is 101 cm³/mol. The van der Waals surface area contributed by atoms with Gasteiger partial charge in [-0.15, -0.1) is 0 Å². The highest BCUT2D eigenvalue weighted by Gasteiger charge is 2.30. The predicted octanol–water partition coefficient (Wildman–Crippen LogP) is 0.523. The normalized spacial score (nSPS) is 16.3. The van der Waals surface area contributed by atoms with Crippen LogP contribution in [0.1, 0.15) is 5.56 Å². The number of carbonyl (C=O) groups excluding carboxylic acids is 1. The number of benzene rings is 2. The quantitative estimate of drug-likeness (QED) is 0.802. The maximum Gasteiger partial charge on any atom is 0.279 e. The summed E-state index contributed by atoms with van der Waals surface area (Å²) in [4.78, 5) is 13.6. The highest BCUT2D eigenvalue weighted by molar-refractivity contribution is 7.89. The van der Waals surface area contributed by atoms with Crippen LogP contribution in [0.3, 0.4) is 0 Å². The van der Waals surface area contributed by atoms with Gasteiger partial charge in [-0.2, -0.15) is 4.31 Å². The van der Waals surface area contributed by atoms with Gasteiger partial charge in [0.25, 0.3) is 5.91 Å². The lowest BCUT2D eigenvalue weighted by Gasteiger charge is -2.31. The highest BCUT2D eigenvalue weighted by atomic mass is 32.2. The van der Waals surface area contributed by atoms with E-state index in [1.54, 1.807) is 30.3 Å². The number of amides is 1. The third-order valence-corrected chi connectivity index (χ3v) is 6.44. The minimum atomic E-state index is -3.45. The Hall–Kier alpha value is -2.22. The standard InChI is InChI=1S/C19H23N3O3S/c1-16-6-5-7-17(14-16)20-19(23)15-21-10-12-22(13-11-21)26(24,25)18-8-3-2-4-9-18/h2-9,14H,10-13,15H2,1H3,(H,20,23)/p+1. The molecule has 0 bridgehead atoms. The highest BCUT2D eigenvalue weighted by Crippen LogP contribution is 2.14. The number of quaternary nitrogens is 1. The SMILES string of the molecule is Cc1cccc(NC(=O)C[NH+]2CCN(S(=O)(=O)c3ccccc3)CC2)c1. The Bertz CT molecular complexity index is 861. The molecule has 26 heavy (non-hydrogen) atoms.